The molecular weight excluding hydrogens is 364 g/mol. The minimum atomic E-state index is -3.87. The zero-order valence-electron chi connectivity index (χ0n) is 14.8. The van der Waals surface area contributed by atoms with Crippen molar-refractivity contribution in [2.24, 2.45) is 0 Å². The van der Waals surface area contributed by atoms with Crippen LogP contribution in [0.2, 0.25) is 0 Å². The summed E-state index contributed by atoms with van der Waals surface area (Å²) in [5.74, 6) is 0. The van der Waals surface area contributed by atoms with Crippen molar-refractivity contribution < 1.29 is 21.6 Å². The number of sulfonamides is 1. The summed E-state index contributed by atoms with van der Waals surface area (Å²) in [6, 6.07) is 5.64. The summed E-state index contributed by atoms with van der Waals surface area (Å²) in [6.07, 6.45) is 1.98. The number of nitrogens with one attached hydrogen (secondary N) is 1. The van der Waals surface area contributed by atoms with E-state index in [1.807, 2.05) is 13.8 Å². The fraction of sp³-hybridized carbons (Fsp3) is 0.625. The van der Waals surface area contributed by atoms with Crippen LogP contribution in [0.3, 0.4) is 0 Å². The highest BCUT2D eigenvalue weighted by Gasteiger charge is 2.24. The van der Waals surface area contributed by atoms with E-state index in [1.165, 1.54) is 24.3 Å². The maximum Gasteiger partial charge on any atom is 0.241 e. The third-order valence-corrected chi connectivity index (χ3v) is 6.78. The lowest BCUT2D eigenvalue weighted by molar-refractivity contribution is -0.0679. The second-order valence-electron chi connectivity index (χ2n) is 6.49. The van der Waals surface area contributed by atoms with E-state index in [2.05, 4.69) is 9.62 Å². The summed E-state index contributed by atoms with van der Waals surface area (Å²) in [6.45, 7) is 6.71. The van der Waals surface area contributed by atoms with Crippen LogP contribution in [-0.4, -0.2) is 66.4 Å². The molecule has 0 radical (unpaired) electrons. The quantitative estimate of drug-likeness (QED) is 0.695. The highest BCUT2D eigenvalue weighted by molar-refractivity contribution is 7.93. The van der Waals surface area contributed by atoms with Gasteiger partial charge in [0, 0.05) is 25.9 Å². The molecule has 2 unspecified atom stereocenters. The molecule has 1 aliphatic rings. The number of benzene rings is 1. The molecule has 0 amide bonds. The Hall–Kier alpha value is -1.00. The van der Waals surface area contributed by atoms with Crippen LogP contribution >= 0.6 is 0 Å². The van der Waals surface area contributed by atoms with Crippen LogP contribution in [-0.2, 0) is 24.6 Å². The van der Waals surface area contributed by atoms with Gasteiger partial charge >= 0.3 is 0 Å². The smallest absolute Gasteiger partial charge is 0.241 e. The summed E-state index contributed by atoms with van der Waals surface area (Å²) in [5.41, 5.74) is 0. The molecule has 1 heterocycles. The standard InChI is InChI=1S/C16H26N2O5S2/c1-13-11-18(12-14(2)23-13)10-6-9-17-25(21,22)16-8-5-4-7-15(16)24(3,19)20/h4-5,7-8,13-14,17H,6,9-12H2,1-3H3. The Bertz CT molecular complexity index is 782. The summed E-state index contributed by atoms with van der Waals surface area (Å²) < 4.78 is 56.6. The molecule has 2 rings (SSSR count). The average Bonchev–Trinajstić information content (AvgIpc) is 2.50. The van der Waals surface area contributed by atoms with Crippen LogP contribution in [0.5, 0.6) is 0 Å². The number of ether oxygens (including phenoxy) is 1. The van der Waals surface area contributed by atoms with Crippen molar-refractivity contribution in [3.8, 4) is 0 Å². The van der Waals surface area contributed by atoms with Gasteiger partial charge in [-0.2, -0.15) is 0 Å². The Morgan fingerprint density at radius 3 is 2.20 bits per heavy atom. The van der Waals surface area contributed by atoms with Crippen molar-refractivity contribution in [3.63, 3.8) is 0 Å². The van der Waals surface area contributed by atoms with Gasteiger partial charge in [0.05, 0.1) is 17.1 Å². The highest BCUT2D eigenvalue weighted by atomic mass is 32.2. The third-order valence-electron chi connectivity index (χ3n) is 3.98. The molecule has 1 saturated heterocycles. The van der Waals surface area contributed by atoms with Gasteiger partial charge in [-0.3, -0.25) is 4.90 Å². The van der Waals surface area contributed by atoms with Crippen molar-refractivity contribution in [1.29, 1.82) is 0 Å². The fourth-order valence-corrected chi connectivity index (χ4v) is 5.73. The Morgan fingerprint density at radius 2 is 1.64 bits per heavy atom. The molecule has 1 N–H and O–H groups in total. The Balaban J connectivity index is 1.95. The first-order chi connectivity index (χ1) is 11.6. The molecular formula is C16H26N2O5S2. The first kappa shape index (κ1) is 20.3. The minimum Gasteiger partial charge on any atom is -0.373 e. The van der Waals surface area contributed by atoms with Gasteiger partial charge < -0.3 is 4.74 Å². The molecule has 1 aromatic rings. The molecule has 0 aromatic heterocycles. The Kier molecular flexibility index (Phi) is 6.61. The van der Waals surface area contributed by atoms with E-state index >= 15 is 0 Å². The molecule has 1 aromatic carbocycles. The number of rotatable bonds is 7. The first-order valence-corrected chi connectivity index (χ1v) is 11.6. The van der Waals surface area contributed by atoms with E-state index in [4.69, 9.17) is 4.74 Å². The summed E-state index contributed by atoms with van der Waals surface area (Å²) in [7, 11) is -7.49. The maximum atomic E-state index is 12.4. The van der Waals surface area contributed by atoms with Crippen molar-refractivity contribution in [2.45, 2.75) is 42.3 Å². The zero-order chi connectivity index (χ0) is 18.7. The number of hydrogen-bond donors (Lipinski definition) is 1. The fourth-order valence-electron chi connectivity index (χ4n) is 3.03. The highest BCUT2D eigenvalue weighted by Crippen LogP contribution is 2.20. The summed E-state index contributed by atoms with van der Waals surface area (Å²) in [4.78, 5) is 1.86. The van der Waals surface area contributed by atoms with Gasteiger partial charge in [0.2, 0.25) is 10.0 Å². The molecule has 25 heavy (non-hydrogen) atoms. The zero-order valence-corrected chi connectivity index (χ0v) is 16.4. The lowest BCUT2D eigenvalue weighted by Gasteiger charge is -2.35. The summed E-state index contributed by atoms with van der Waals surface area (Å²) >= 11 is 0. The SMILES string of the molecule is CC1CN(CCCNS(=O)(=O)c2ccccc2S(C)(=O)=O)CC(C)O1. The maximum absolute atomic E-state index is 12.4. The Morgan fingerprint density at radius 1 is 1.08 bits per heavy atom. The average molecular weight is 391 g/mol. The van der Waals surface area contributed by atoms with E-state index in [1.54, 1.807) is 0 Å². The molecule has 1 aliphatic heterocycles. The largest absolute Gasteiger partial charge is 0.373 e. The molecule has 7 nitrogen and oxygen atoms in total. The van der Waals surface area contributed by atoms with Crippen molar-refractivity contribution in [1.82, 2.24) is 9.62 Å². The molecule has 0 bridgehead atoms. The van der Waals surface area contributed by atoms with Crippen molar-refractivity contribution in [2.75, 3.05) is 32.4 Å². The molecule has 0 spiro atoms. The predicted octanol–water partition coefficient (Wildman–Crippen LogP) is 0.868. The van der Waals surface area contributed by atoms with Crippen LogP contribution in [0.4, 0.5) is 0 Å². The monoisotopic (exact) mass is 390 g/mol. The predicted molar refractivity (Wildman–Crippen MR) is 95.8 cm³/mol. The van der Waals surface area contributed by atoms with Crippen LogP contribution in [0, 0.1) is 0 Å². The summed E-state index contributed by atoms with van der Waals surface area (Å²) in [5, 5.41) is 0. The van der Waals surface area contributed by atoms with E-state index < -0.39 is 19.9 Å². The lowest BCUT2D eigenvalue weighted by Crippen LogP contribution is -2.46. The lowest BCUT2D eigenvalue weighted by atomic mass is 10.2. The molecule has 9 heteroatoms. The van der Waals surface area contributed by atoms with E-state index in [-0.39, 0.29) is 28.5 Å². The Labute approximate surface area is 150 Å². The molecule has 0 aliphatic carbocycles. The van der Waals surface area contributed by atoms with Gasteiger partial charge in [0.1, 0.15) is 4.90 Å². The number of nitrogens with zero attached hydrogens (tertiary/aromatic N) is 1. The van der Waals surface area contributed by atoms with Crippen LogP contribution in [0.1, 0.15) is 20.3 Å². The van der Waals surface area contributed by atoms with E-state index in [9.17, 15) is 16.8 Å². The van der Waals surface area contributed by atoms with Gasteiger partial charge in [0.15, 0.2) is 9.84 Å². The molecule has 0 saturated carbocycles. The van der Waals surface area contributed by atoms with Gasteiger partial charge in [-0.1, -0.05) is 12.1 Å². The second-order valence-corrected chi connectivity index (χ2v) is 10.2. The molecule has 142 valence electrons. The minimum absolute atomic E-state index is 0.169. The number of morpholine rings is 1. The number of sulfone groups is 1. The van der Waals surface area contributed by atoms with E-state index in [0.717, 1.165) is 25.9 Å². The van der Waals surface area contributed by atoms with Crippen LogP contribution in [0.25, 0.3) is 0 Å². The second kappa shape index (κ2) is 8.13. The molecule has 1 fully saturated rings. The van der Waals surface area contributed by atoms with Crippen LogP contribution < -0.4 is 4.72 Å². The van der Waals surface area contributed by atoms with Gasteiger partial charge in [0.25, 0.3) is 0 Å². The van der Waals surface area contributed by atoms with Gasteiger partial charge in [-0.25, -0.2) is 21.6 Å². The van der Waals surface area contributed by atoms with E-state index in [0.29, 0.717) is 6.42 Å². The topological polar surface area (TPSA) is 92.8 Å². The van der Waals surface area contributed by atoms with Crippen molar-refractivity contribution >= 4 is 19.9 Å². The van der Waals surface area contributed by atoms with Gasteiger partial charge in [-0.15, -0.1) is 0 Å². The third kappa shape index (κ3) is 5.75. The van der Waals surface area contributed by atoms with Crippen molar-refractivity contribution in [3.05, 3.63) is 24.3 Å². The first-order valence-electron chi connectivity index (χ1n) is 8.26. The number of hydrogen-bond acceptors (Lipinski definition) is 6. The van der Waals surface area contributed by atoms with Crippen LogP contribution in [0.15, 0.2) is 34.1 Å². The molecule has 2 atom stereocenters. The normalized spacial score (nSPS) is 22.8. The van der Waals surface area contributed by atoms with Gasteiger partial charge in [-0.05, 0) is 38.9 Å².